The quantitative estimate of drug-likeness (QED) is 0.257. The summed E-state index contributed by atoms with van der Waals surface area (Å²) in [6.45, 7) is 0. The van der Waals surface area contributed by atoms with Gasteiger partial charge in [0.2, 0.25) is 0 Å². The zero-order valence-electron chi connectivity index (χ0n) is 13.6. The Morgan fingerprint density at radius 2 is 0.926 bits per heavy atom. The molecule has 3 aromatic rings. The summed E-state index contributed by atoms with van der Waals surface area (Å²) < 4.78 is 59.2. The normalized spacial score (nSPS) is 13.7. The number of halogens is 6. The first kappa shape index (κ1) is 21.1. The van der Waals surface area contributed by atoms with E-state index in [1.54, 1.807) is 0 Å². The van der Waals surface area contributed by atoms with Gasteiger partial charge >= 0.3 is 33.0 Å². The second-order valence-electron chi connectivity index (χ2n) is 5.61. The predicted octanol–water partition coefficient (Wildman–Crippen LogP) is 7.48. The molecule has 0 saturated heterocycles. The van der Waals surface area contributed by atoms with Gasteiger partial charge in [-0.05, 0) is 23.8 Å². The fourth-order valence-corrected chi connectivity index (χ4v) is 2.60. The van der Waals surface area contributed by atoms with Crippen molar-refractivity contribution in [1.29, 1.82) is 0 Å². The first-order chi connectivity index (χ1) is 12.2. The van der Waals surface area contributed by atoms with Crippen LogP contribution >= 0.6 is 7.81 Å². The molecule has 0 spiro atoms. The molecule has 0 amide bonds. The smallest absolute Gasteiger partial charge is 0.151 e. The van der Waals surface area contributed by atoms with E-state index in [1.165, 1.54) is 0 Å². The second kappa shape index (κ2) is 6.77. The van der Waals surface area contributed by atoms with Gasteiger partial charge in [0.25, 0.3) is 0 Å². The Morgan fingerprint density at radius 1 is 0.630 bits per heavy atom. The first-order valence-corrected chi connectivity index (χ1v) is 9.99. The van der Waals surface area contributed by atoms with Crippen molar-refractivity contribution in [3.8, 4) is 28.0 Å². The van der Waals surface area contributed by atoms with E-state index in [0.29, 0.717) is 5.75 Å². The third-order valence-corrected chi connectivity index (χ3v) is 3.57. The van der Waals surface area contributed by atoms with Gasteiger partial charge in [-0.2, -0.15) is 0 Å². The predicted molar refractivity (Wildman–Crippen MR) is 101 cm³/mol. The molecule has 0 bridgehead atoms. The van der Waals surface area contributed by atoms with Gasteiger partial charge in [-0.3, -0.25) is 0 Å². The van der Waals surface area contributed by atoms with Crippen LogP contribution in [0.2, 0.25) is 0 Å². The van der Waals surface area contributed by atoms with Crippen molar-refractivity contribution in [2.75, 3.05) is 0 Å². The van der Waals surface area contributed by atoms with Crippen molar-refractivity contribution in [2.24, 2.45) is 0 Å². The number of aromatic hydroxyl groups is 1. The summed E-state index contributed by atoms with van der Waals surface area (Å²) in [7, 11) is -10.7. The molecule has 0 fully saturated rings. The van der Waals surface area contributed by atoms with E-state index in [1.807, 2.05) is 72.8 Å². The van der Waals surface area contributed by atoms with Gasteiger partial charge < -0.3 is 5.11 Å². The average molecular weight is 424 g/mol. The summed E-state index contributed by atoms with van der Waals surface area (Å²) in [6, 6.07) is 23.7. The van der Waals surface area contributed by atoms with Crippen LogP contribution in [0.15, 0.2) is 77.7 Å². The molecule has 0 atom stereocenters. The molecular formula is C18H15F6OPS. The number of phenolic OH excluding ortho intramolecular Hbond substituents is 1. The maximum Gasteiger partial charge on any atom is 0.151 e. The summed E-state index contributed by atoms with van der Waals surface area (Å²) in [6.07, 6.45) is 0. The number of rotatable bonds is 2. The zero-order chi connectivity index (χ0) is 20.4. The van der Waals surface area contributed by atoms with Crippen molar-refractivity contribution in [3.63, 3.8) is 0 Å². The fraction of sp³-hybridized carbons (Fsp3) is 0. The van der Waals surface area contributed by atoms with Crippen LogP contribution in [-0.2, 0) is 12.6 Å². The number of hydrogen-bond donors (Lipinski definition) is 1. The molecule has 0 aliphatic carbocycles. The molecule has 0 aromatic heterocycles. The molecule has 0 aliphatic heterocycles. The molecule has 27 heavy (non-hydrogen) atoms. The average Bonchev–Trinajstić information content (AvgIpc) is 2.55. The van der Waals surface area contributed by atoms with Gasteiger partial charge in [-0.1, -0.05) is 60.7 Å². The third kappa shape index (κ3) is 7.93. The summed E-state index contributed by atoms with van der Waals surface area (Å²) in [5, 5.41) is 10.6. The second-order valence-corrected chi connectivity index (χ2v) is 8.10. The Labute approximate surface area is 156 Å². The molecule has 3 aromatic carbocycles. The standard InChI is InChI=1S/C18H14OS.F6P/c19-18-16(13-7-3-1-4-8-13)11-15(20)12-17(18)14-9-5-2-6-10-14;1-7(2,3,4,5)6/h1-12,19-20H;/q;-1/p+1. The van der Waals surface area contributed by atoms with Crippen molar-refractivity contribution in [1.82, 2.24) is 0 Å². The molecule has 3 rings (SSSR count). The number of hydrogen-bond acceptors (Lipinski definition) is 1. The minimum absolute atomic E-state index is 0.310. The van der Waals surface area contributed by atoms with E-state index in [9.17, 15) is 30.3 Å². The minimum Gasteiger partial charge on any atom is -0.507 e. The minimum atomic E-state index is -10.7. The summed E-state index contributed by atoms with van der Waals surface area (Å²) in [5.41, 5.74) is 3.67. The molecule has 9 heteroatoms. The van der Waals surface area contributed by atoms with Crippen LogP contribution in [0, 0.1) is 0 Å². The van der Waals surface area contributed by atoms with Crippen molar-refractivity contribution in [3.05, 3.63) is 72.8 Å². The van der Waals surface area contributed by atoms with Gasteiger partial charge in [0.1, 0.15) is 5.75 Å². The van der Waals surface area contributed by atoms with E-state index in [0.717, 1.165) is 27.1 Å². The van der Waals surface area contributed by atoms with E-state index in [-0.39, 0.29) is 0 Å². The van der Waals surface area contributed by atoms with E-state index in [4.69, 9.17) is 0 Å². The fourth-order valence-electron chi connectivity index (χ4n) is 2.31. The zero-order valence-corrected chi connectivity index (χ0v) is 15.5. The molecule has 1 nitrogen and oxygen atoms in total. The maximum atomic E-state index is 10.6. The Hall–Kier alpha value is -2.18. The van der Waals surface area contributed by atoms with Crippen LogP contribution in [0.1, 0.15) is 0 Å². The van der Waals surface area contributed by atoms with Crippen molar-refractivity contribution >= 4 is 20.4 Å². The topological polar surface area (TPSA) is 20.2 Å². The SMILES string of the molecule is F[P-](F)(F)(F)(F)F.Oc1c(-c2ccccc2)cc([SH2+])cc1-c1ccccc1. The summed E-state index contributed by atoms with van der Waals surface area (Å²) in [5.74, 6) is 0.310. The summed E-state index contributed by atoms with van der Waals surface area (Å²) >= 11 is 3.59. The van der Waals surface area contributed by atoms with Crippen LogP contribution in [0.3, 0.4) is 0 Å². The van der Waals surface area contributed by atoms with Gasteiger partial charge in [0.15, 0.2) is 4.90 Å². The van der Waals surface area contributed by atoms with Crippen LogP contribution in [0.25, 0.3) is 22.3 Å². The molecular weight excluding hydrogens is 409 g/mol. The third-order valence-electron chi connectivity index (χ3n) is 3.28. The van der Waals surface area contributed by atoms with E-state index >= 15 is 0 Å². The monoisotopic (exact) mass is 424 g/mol. The largest absolute Gasteiger partial charge is 0.507 e. The van der Waals surface area contributed by atoms with Crippen LogP contribution < -0.4 is 0 Å². The van der Waals surface area contributed by atoms with Gasteiger partial charge in [-0.25, -0.2) is 0 Å². The Bertz CT molecular complexity index is 857. The van der Waals surface area contributed by atoms with Crippen molar-refractivity contribution < 1.29 is 30.3 Å². The van der Waals surface area contributed by atoms with Crippen LogP contribution in [-0.4, -0.2) is 5.11 Å². The molecule has 146 valence electrons. The molecule has 0 saturated carbocycles. The molecule has 1 N–H and O–H groups in total. The molecule has 0 aliphatic rings. The summed E-state index contributed by atoms with van der Waals surface area (Å²) in [4.78, 5) is 0.945. The number of benzene rings is 3. The molecule has 0 radical (unpaired) electrons. The number of phenols is 1. The van der Waals surface area contributed by atoms with E-state index in [2.05, 4.69) is 12.6 Å². The first-order valence-electron chi connectivity index (χ1n) is 7.46. The van der Waals surface area contributed by atoms with Crippen molar-refractivity contribution in [2.45, 2.75) is 4.90 Å². The van der Waals surface area contributed by atoms with Gasteiger partial charge in [-0.15, -0.1) is 0 Å². The Balaban J connectivity index is 0.000000321. The van der Waals surface area contributed by atoms with Gasteiger partial charge in [0.05, 0.1) is 0 Å². The van der Waals surface area contributed by atoms with E-state index < -0.39 is 7.81 Å². The molecule has 0 unspecified atom stereocenters. The van der Waals surface area contributed by atoms with Gasteiger partial charge in [0, 0.05) is 23.3 Å². The molecule has 0 heterocycles. The Kier molecular flexibility index (Phi) is 5.29. The maximum absolute atomic E-state index is 10.7. The Morgan fingerprint density at radius 3 is 1.22 bits per heavy atom. The van der Waals surface area contributed by atoms with Crippen LogP contribution in [0.5, 0.6) is 5.75 Å². The van der Waals surface area contributed by atoms with Crippen LogP contribution in [0.4, 0.5) is 25.2 Å².